The van der Waals surface area contributed by atoms with Crippen molar-refractivity contribution in [3.63, 3.8) is 0 Å². The average molecular weight is 298 g/mol. The Morgan fingerprint density at radius 3 is 2.55 bits per heavy atom. The number of hydrogen-bond donors (Lipinski definition) is 2. The topological polar surface area (TPSA) is 86.7 Å². The first-order valence-electron chi connectivity index (χ1n) is 6.41. The smallest absolute Gasteiger partial charge is 0.269 e. The van der Waals surface area contributed by atoms with Crippen LogP contribution < -0.4 is 5.32 Å². The fourth-order valence-corrected chi connectivity index (χ4v) is 3.65. The zero-order valence-electron chi connectivity index (χ0n) is 11.4. The van der Waals surface area contributed by atoms with Gasteiger partial charge in [0.2, 0.25) is 0 Å². The molecular formula is C13H18N2O4S. The van der Waals surface area contributed by atoms with Gasteiger partial charge >= 0.3 is 0 Å². The monoisotopic (exact) mass is 298 g/mol. The first-order valence-corrected chi connectivity index (χ1v) is 7.85. The van der Waals surface area contributed by atoms with Gasteiger partial charge in [-0.15, -0.1) is 0 Å². The summed E-state index contributed by atoms with van der Waals surface area (Å²) in [7, 11) is -3.83. The van der Waals surface area contributed by atoms with Gasteiger partial charge in [0.15, 0.2) is 0 Å². The normalized spacial score (nSPS) is 18.4. The molecule has 0 spiro atoms. The van der Waals surface area contributed by atoms with Crippen LogP contribution in [-0.4, -0.2) is 49.0 Å². The van der Waals surface area contributed by atoms with Crippen molar-refractivity contribution < 1.29 is 18.3 Å². The summed E-state index contributed by atoms with van der Waals surface area (Å²) in [5.74, 6) is -0.579. The second-order valence-corrected chi connectivity index (χ2v) is 6.88. The maximum atomic E-state index is 12.2. The van der Waals surface area contributed by atoms with Crippen molar-refractivity contribution in [2.75, 3.05) is 13.1 Å². The van der Waals surface area contributed by atoms with Gasteiger partial charge in [0.25, 0.3) is 15.9 Å². The molecule has 1 aromatic rings. The molecule has 1 aromatic carbocycles. The highest BCUT2D eigenvalue weighted by atomic mass is 32.2. The number of carbonyl (C=O) groups is 1. The van der Waals surface area contributed by atoms with Gasteiger partial charge in [-0.25, -0.2) is 12.7 Å². The third-order valence-electron chi connectivity index (χ3n) is 3.05. The zero-order chi connectivity index (χ0) is 14.9. The number of rotatable bonds is 5. The Bertz CT molecular complexity index is 613. The van der Waals surface area contributed by atoms with Crippen molar-refractivity contribution in [2.45, 2.75) is 30.9 Å². The van der Waals surface area contributed by atoms with E-state index < -0.39 is 22.0 Å². The number of nitrogens with one attached hydrogen (secondary N) is 1. The maximum Gasteiger partial charge on any atom is 0.269 e. The first kappa shape index (κ1) is 15.0. The Morgan fingerprint density at radius 1 is 1.30 bits per heavy atom. The largest absolute Gasteiger partial charge is 0.390 e. The molecule has 1 heterocycles. The van der Waals surface area contributed by atoms with Crippen molar-refractivity contribution >= 4 is 15.9 Å². The van der Waals surface area contributed by atoms with Crippen molar-refractivity contribution in [1.82, 2.24) is 9.62 Å². The highest BCUT2D eigenvalue weighted by molar-refractivity contribution is 7.90. The molecule has 1 amide bonds. The molecule has 1 atom stereocenters. The van der Waals surface area contributed by atoms with E-state index in [0.717, 1.165) is 4.31 Å². The van der Waals surface area contributed by atoms with Crippen LogP contribution in [0.1, 0.15) is 24.2 Å². The zero-order valence-corrected chi connectivity index (χ0v) is 12.2. The van der Waals surface area contributed by atoms with Gasteiger partial charge in [-0.3, -0.25) is 4.79 Å². The molecule has 7 heteroatoms. The van der Waals surface area contributed by atoms with Crippen LogP contribution >= 0.6 is 0 Å². The first-order chi connectivity index (χ1) is 9.34. The van der Waals surface area contributed by atoms with Gasteiger partial charge in [-0.05, 0) is 12.1 Å². The number of β-amino-alcohol motifs (C(OH)–C–C–N with tert-alkyl or cyclic N) is 1. The molecule has 0 fully saturated rings. The van der Waals surface area contributed by atoms with E-state index in [1.165, 1.54) is 12.1 Å². The van der Waals surface area contributed by atoms with E-state index in [0.29, 0.717) is 0 Å². The molecule has 1 unspecified atom stereocenters. The van der Waals surface area contributed by atoms with Gasteiger partial charge in [-0.1, -0.05) is 26.0 Å². The number of nitrogens with zero attached hydrogens (tertiary/aromatic N) is 1. The SMILES string of the molecule is CC(C)NCC(O)CN1C(=O)c2ccccc2S1(=O)=O. The van der Waals surface area contributed by atoms with E-state index in [1.807, 2.05) is 13.8 Å². The van der Waals surface area contributed by atoms with Crippen molar-refractivity contribution in [2.24, 2.45) is 0 Å². The van der Waals surface area contributed by atoms with E-state index >= 15 is 0 Å². The van der Waals surface area contributed by atoms with Crippen molar-refractivity contribution in [3.05, 3.63) is 29.8 Å². The molecule has 0 aromatic heterocycles. The van der Waals surface area contributed by atoms with E-state index in [2.05, 4.69) is 5.32 Å². The third kappa shape index (κ3) is 2.70. The van der Waals surface area contributed by atoms with Crippen LogP contribution in [0.25, 0.3) is 0 Å². The van der Waals surface area contributed by atoms with Crippen LogP contribution in [0.2, 0.25) is 0 Å². The number of amides is 1. The number of aliphatic hydroxyl groups is 1. The quantitative estimate of drug-likeness (QED) is 0.810. The highest BCUT2D eigenvalue weighted by Crippen LogP contribution is 2.29. The lowest BCUT2D eigenvalue weighted by Crippen LogP contribution is -2.42. The van der Waals surface area contributed by atoms with E-state index in [1.54, 1.807) is 12.1 Å². The Labute approximate surface area is 118 Å². The Balaban J connectivity index is 2.17. The summed E-state index contributed by atoms with van der Waals surface area (Å²) in [6, 6.07) is 6.25. The fourth-order valence-electron chi connectivity index (χ4n) is 2.04. The Hall–Kier alpha value is -1.44. The minimum absolute atomic E-state index is 0.00835. The molecule has 2 N–H and O–H groups in total. The van der Waals surface area contributed by atoms with E-state index in [4.69, 9.17) is 0 Å². The van der Waals surface area contributed by atoms with Gasteiger partial charge in [0.1, 0.15) is 4.90 Å². The van der Waals surface area contributed by atoms with Crippen LogP contribution in [-0.2, 0) is 10.0 Å². The van der Waals surface area contributed by atoms with Gasteiger partial charge in [0, 0.05) is 12.6 Å². The van der Waals surface area contributed by atoms with E-state index in [9.17, 15) is 18.3 Å². The standard InChI is InChI=1S/C13H18N2O4S/c1-9(2)14-7-10(16)8-15-13(17)11-5-3-4-6-12(11)20(15,18)19/h3-6,9-10,14,16H,7-8H2,1-2H3. The van der Waals surface area contributed by atoms with Crippen LogP contribution in [0.4, 0.5) is 0 Å². The number of hydrogen-bond acceptors (Lipinski definition) is 5. The van der Waals surface area contributed by atoms with Gasteiger partial charge in [-0.2, -0.15) is 0 Å². The molecule has 0 aliphatic carbocycles. The second-order valence-electron chi connectivity index (χ2n) is 5.05. The number of carbonyl (C=O) groups excluding carboxylic acids is 1. The number of aliphatic hydroxyl groups excluding tert-OH is 1. The molecular weight excluding hydrogens is 280 g/mol. The molecule has 1 aliphatic rings. The average Bonchev–Trinajstić information content (AvgIpc) is 2.58. The summed E-state index contributed by atoms with van der Waals surface area (Å²) in [4.78, 5) is 12.1. The third-order valence-corrected chi connectivity index (χ3v) is 4.86. The summed E-state index contributed by atoms with van der Waals surface area (Å²) in [6.45, 7) is 3.82. The van der Waals surface area contributed by atoms with Crippen LogP contribution in [0, 0.1) is 0 Å². The molecule has 1 aliphatic heterocycles. The fraction of sp³-hybridized carbons (Fsp3) is 0.462. The predicted molar refractivity (Wildman–Crippen MR) is 73.8 cm³/mol. The second kappa shape index (κ2) is 5.51. The van der Waals surface area contributed by atoms with Crippen LogP contribution in [0.3, 0.4) is 0 Å². The van der Waals surface area contributed by atoms with Crippen LogP contribution in [0.15, 0.2) is 29.2 Å². The van der Waals surface area contributed by atoms with Crippen molar-refractivity contribution in [3.8, 4) is 0 Å². The minimum atomic E-state index is -3.83. The van der Waals surface area contributed by atoms with Crippen LogP contribution in [0.5, 0.6) is 0 Å². The Kier molecular flexibility index (Phi) is 4.12. The lowest BCUT2D eigenvalue weighted by Gasteiger charge is -2.20. The molecule has 6 nitrogen and oxygen atoms in total. The highest BCUT2D eigenvalue weighted by Gasteiger charge is 2.41. The van der Waals surface area contributed by atoms with E-state index in [-0.39, 0.29) is 29.6 Å². The molecule has 110 valence electrons. The summed E-state index contributed by atoms with van der Waals surface area (Å²) in [6.07, 6.45) is -0.939. The Morgan fingerprint density at radius 2 is 1.95 bits per heavy atom. The van der Waals surface area contributed by atoms with Crippen molar-refractivity contribution in [1.29, 1.82) is 0 Å². The number of sulfonamides is 1. The molecule has 0 saturated carbocycles. The summed E-state index contributed by atoms with van der Waals surface area (Å²) in [5, 5.41) is 12.9. The lowest BCUT2D eigenvalue weighted by atomic mass is 10.2. The molecule has 2 rings (SSSR count). The summed E-state index contributed by atoms with van der Waals surface area (Å²) in [5.41, 5.74) is 0.163. The molecule has 0 radical (unpaired) electrons. The number of fused-ring (bicyclic) bond motifs is 1. The summed E-state index contributed by atoms with van der Waals surface area (Å²) >= 11 is 0. The maximum absolute atomic E-state index is 12.2. The predicted octanol–water partition coefficient (Wildman–Crippen LogP) is 0.190. The van der Waals surface area contributed by atoms with Gasteiger partial charge < -0.3 is 10.4 Å². The lowest BCUT2D eigenvalue weighted by molar-refractivity contribution is 0.0790. The molecule has 0 bridgehead atoms. The molecule has 0 saturated heterocycles. The molecule has 20 heavy (non-hydrogen) atoms. The van der Waals surface area contributed by atoms with Gasteiger partial charge in [0.05, 0.1) is 18.2 Å². The minimum Gasteiger partial charge on any atom is -0.390 e. The number of benzene rings is 1. The summed E-state index contributed by atoms with van der Waals surface area (Å²) < 4.78 is 25.2.